The molecule has 0 spiro atoms. The van der Waals surface area contributed by atoms with Crippen molar-refractivity contribution in [2.75, 3.05) is 37.7 Å². The lowest BCUT2D eigenvalue weighted by molar-refractivity contribution is -0.125. The Bertz CT molecular complexity index is 1010. The van der Waals surface area contributed by atoms with Crippen molar-refractivity contribution in [1.82, 2.24) is 20.4 Å². The molecule has 1 aromatic carbocycles. The molecule has 1 saturated heterocycles. The summed E-state index contributed by atoms with van der Waals surface area (Å²) in [5, 5.41) is 8.13. The van der Waals surface area contributed by atoms with E-state index in [1.165, 1.54) is 11.9 Å². The zero-order chi connectivity index (χ0) is 21.6. The van der Waals surface area contributed by atoms with Crippen molar-refractivity contribution in [3.05, 3.63) is 36.2 Å². The van der Waals surface area contributed by atoms with E-state index in [1.54, 1.807) is 0 Å². The lowest BCUT2D eigenvalue weighted by Crippen LogP contribution is -2.41. The van der Waals surface area contributed by atoms with Crippen LogP contribution in [0.4, 0.5) is 5.82 Å². The number of carbonyl (C=O) groups excluding carboxylic acids is 1. The second-order valence-electron chi connectivity index (χ2n) is 7.88. The van der Waals surface area contributed by atoms with E-state index in [0.717, 1.165) is 54.8 Å². The predicted octanol–water partition coefficient (Wildman–Crippen LogP) is 3.35. The van der Waals surface area contributed by atoms with Gasteiger partial charge in [-0.15, -0.1) is 0 Å². The van der Waals surface area contributed by atoms with Gasteiger partial charge in [0.2, 0.25) is 5.91 Å². The van der Waals surface area contributed by atoms with E-state index < -0.39 is 0 Å². The molecule has 1 amide bonds. The fraction of sp³-hybridized carbons (Fsp3) is 0.478. The number of hydrogen-bond donors (Lipinski definition) is 1. The number of ether oxygens (including phenoxy) is 1. The third-order valence-electron chi connectivity index (χ3n) is 5.71. The standard InChI is InChI=1S/C23H29N5O3/c1-3-30-14-4-11-24-22(29)18-9-12-28(13-10-18)21-19-20(17-7-5-16(2)6-8-17)27-31-23(19)26-15-25-21/h5-8,15,18H,3-4,9-14H2,1-2H3,(H,24,29). The van der Waals surface area contributed by atoms with Gasteiger partial charge in [0, 0.05) is 44.3 Å². The molecule has 0 bridgehead atoms. The Labute approximate surface area is 182 Å². The highest BCUT2D eigenvalue weighted by atomic mass is 16.5. The van der Waals surface area contributed by atoms with Crippen LogP contribution in [0.15, 0.2) is 35.1 Å². The highest BCUT2D eigenvalue weighted by Crippen LogP contribution is 2.34. The molecule has 8 nitrogen and oxygen atoms in total. The van der Waals surface area contributed by atoms with Crippen molar-refractivity contribution in [2.45, 2.75) is 33.1 Å². The molecule has 164 valence electrons. The number of nitrogens with zero attached hydrogens (tertiary/aromatic N) is 4. The Morgan fingerprint density at radius 3 is 2.74 bits per heavy atom. The van der Waals surface area contributed by atoms with Crippen molar-refractivity contribution in [2.24, 2.45) is 5.92 Å². The Hall–Kier alpha value is -3.00. The number of hydrogen-bond acceptors (Lipinski definition) is 7. The van der Waals surface area contributed by atoms with Crippen LogP contribution in [0.5, 0.6) is 0 Å². The molecule has 1 fully saturated rings. The normalized spacial score (nSPS) is 14.8. The van der Waals surface area contributed by atoms with Crippen LogP contribution in [0.3, 0.4) is 0 Å². The van der Waals surface area contributed by atoms with Gasteiger partial charge in [0.25, 0.3) is 5.71 Å². The van der Waals surface area contributed by atoms with Crippen LogP contribution >= 0.6 is 0 Å². The van der Waals surface area contributed by atoms with Crippen molar-refractivity contribution in [1.29, 1.82) is 0 Å². The molecule has 0 aliphatic carbocycles. The van der Waals surface area contributed by atoms with Gasteiger partial charge in [-0.1, -0.05) is 35.0 Å². The fourth-order valence-electron chi connectivity index (χ4n) is 3.95. The minimum absolute atomic E-state index is 0.0275. The number of nitrogens with one attached hydrogen (secondary N) is 1. The van der Waals surface area contributed by atoms with E-state index in [9.17, 15) is 4.79 Å². The highest BCUT2D eigenvalue weighted by Gasteiger charge is 2.28. The Kier molecular flexibility index (Phi) is 6.76. The number of benzene rings is 1. The molecule has 0 radical (unpaired) electrons. The second kappa shape index (κ2) is 9.87. The number of carbonyl (C=O) groups is 1. The van der Waals surface area contributed by atoms with Gasteiger partial charge in [-0.2, -0.15) is 4.98 Å². The first-order chi connectivity index (χ1) is 15.2. The molecule has 0 saturated carbocycles. The molecule has 0 unspecified atom stereocenters. The zero-order valence-corrected chi connectivity index (χ0v) is 18.1. The van der Waals surface area contributed by atoms with E-state index in [1.807, 2.05) is 19.1 Å². The third kappa shape index (κ3) is 4.85. The Morgan fingerprint density at radius 1 is 1.23 bits per heavy atom. The quantitative estimate of drug-likeness (QED) is 0.555. The lowest BCUT2D eigenvalue weighted by Gasteiger charge is -2.32. The molecule has 4 rings (SSSR count). The molecule has 8 heteroatoms. The molecule has 1 N–H and O–H groups in total. The molecule has 3 aromatic rings. The van der Waals surface area contributed by atoms with E-state index in [0.29, 0.717) is 25.5 Å². The summed E-state index contributed by atoms with van der Waals surface area (Å²) < 4.78 is 10.8. The minimum Gasteiger partial charge on any atom is -0.382 e. The predicted molar refractivity (Wildman–Crippen MR) is 119 cm³/mol. The number of amides is 1. The van der Waals surface area contributed by atoms with Gasteiger partial charge in [-0.3, -0.25) is 4.79 Å². The monoisotopic (exact) mass is 423 g/mol. The van der Waals surface area contributed by atoms with E-state index in [2.05, 4.69) is 44.4 Å². The van der Waals surface area contributed by atoms with Crippen LogP contribution in [-0.2, 0) is 9.53 Å². The van der Waals surface area contributed by atoms with Crippen LogP contribution < -0.4 is 10.2 Å². The van der Waals surface area contributed by atoms with Crippen LogP contribution in [0.1, 0.15) is 31.7 Å². The van der Waals surface area contributed by atoms with Gasteiger partial charge in [0.15, 0.2) is 0 Å². The first-order valence-corrected chi connectivity index (χ1v) is 10.9. The van der Waals surface area contributed by atoms with Crippen molar-refractivity contribution < 1.29 is 14.1 Å². The van der Waals surface area contributed by atoms with Gasteiger partial charge in [0.05, 0.1) is 0 Å². The van der Waals surface area contributed by atoms with Gasteiger partial charge < -0.3 is 19.5 Å². The van der Waals surface area contributed by atoms with Gasteiger partial charge in [-0.25, -0.2) is 4.98 Å². The number of aryl methyl sites for hydroxylation is 1. The molecule has 1 aliphatic rings. The molecule has 0 atom stereocenters. The number of piperidine rings is 1. The topological polar surface area (TPSA) is 93.4 Å². The number of aromatic nitrogens is 3. The zero-order valence-electron chi connectivity index (χ0n) is 18.1. The first-order valence-electron chi connectivity index (χ1n) is 10.9. The summed E-state index contributed by atoms with van der Waals surface area (Å²) in [6.07, 6.45) is 3.92. The van der Waals surface area contributed by atoms with Crippen LogP contribution in [-0.4, -0.2) is 53.9 Å². The summed E-state index contributed by atoms with van der Waals surface area (Å²) in [4.78, 5) is 23.5. The van der Waals surface area contributed by atoms with Crippen molar-refractivity contribution in [3.8, 4) is 11.3 Å². The fourth-order valence-corrected chi connectivity index (χ4v) is 3.95. The molecular formula is C23H29N5O3. The number of rotatable bonds is 8. The number of anilines is 1. The first kappa shape index (κ1) is 21.2. The molecule has 2 aromatic heterocycles. The van der Waals surface area contributed by atoms with Gasteiger partial charge in [0.1, 0.15) is 23.2 Å². The minimum atomic E-state index is 0.0275. The van der Waals surface area contributed by atoms with Crippen LogP contribution in [0, 0.1) is 12.8 Å². The largest absolute Gasteiger partial charge is 0.382 e. The number of fused-ring (bicyclic) bond motifs is 1. The summed E-state index contributed by atoms with van der Waals surface area (Å²) in [7, 11) is 0. The maximum Gasteiger partial charge on any atom is 0.263 e. The van der Waals surface area contributed by atoms with Crippen LogP contribution in [0.25, 0.3) is 22.4 Å². The average Bonchev–Trinajstić information content (AvgIpc) is 3.24. The molecule has 1 aliphatic heterocycles. The maximum atomic E-state index is 12.5. The smallest absolute Gasteiger partial charge is 0.263 e. The summed E-state index contributed by atoms with van der Waals surface area (Å²) in [6.45, 7) is 7.58. The molecule has 3 heterocycles. The van der Waals surface area contributed by atoms with Gasteiger partial charge in [-0.05, 0) is 33.1 Å². The van der Waals surface area contributed by atoms with E-state index in [-0.39, 0.29) is 11.8 Å². The molecule has 31 heavy (non-hydrogen) atoms. The third-order valence-corrected chi connectivity index (χ3v) is 5.71. The summed E-state index contributed by atoms with van der Waals surface area (Å²) in [5.41, 5.74) is 3.39. The van der Waals surface area contributed by atoms with Gasteiger partial charge >= 0.3 is 0 Å². The maximum absolute atomic E-state index is 12.5. The van der Waals surface area contributed by atoms with E-state index >= 15 is 0 Å². The Morgan fingerprint density at radius 2 is 2.00 bits per heavy atom. The summed E-state index contributed by atoms with van der Waals surface area (Å²) in [6, 6.07) is 8.17. The Balaban J connectivity index is 1.44. The van der Waals surface area contributed by atoms with Crippen molar-refractivity contribution >= 4 is 22.8 Å². The van der Waals surface area contributed by atoms with Crippen LogP contribution in [0.2, 0.25) is 0 Å². The molecular weight excluding hydrogens is 394 g/mol. The lowest BCUT2D eigenvalue weighted by atomic mass is 9.95. The SMILES string of the molecule is CCOCCCNC(=O)C1CCN(c2ncnc3onc(-c4ccc(C)cc4)c23)CC1. The average molecular weight is 424 g/mol. The summed E-state index contributed by atoms with van der Waals surface area (Å²) in [5.74, 6) is 0.978. The summed E-state index contributed by atoms with van der Waals surface area (Å²) >= 11 is 0. The van der Waals surface area contributed by atoms with E-state index in [4.69, 9.17) is 9.26 Å². The second-order valence-corrected chi connectivity index (χ2v) is 7.88. The highest BCUT2D eigenvalue weighted by molar-refractivity contribution is 5.98. The van der Waals surface area contributed by atoms with Crippen molar-refractivity contribution in [3.63, 3.8) is 0 Å².